The van der Waals surface area contributed by atoms with Crippen LogP contribution in [0.3, 0.4) is 0 Å². The third kappa shape index (κ3) is 1.48. The second kappa shape index (κ2) is 2.92. The van der Waals surface area contributed by atoms with Crippen LogP contribution in [0.25, 0.3) is 0 Å². The standard InChI is InChI=1S/C9H16O4/c1-9(2)12-6-3-5(4-10)7(11)8(6)13-9/h5-8,10-11H,3-4H2,1-2H3/t5-,6-,7+,8-/m1/s1. The molecule has 2 N–H and O–H groups in total. The van der Waals surface area contributed by atoms with Crippen molar-refractivity contribution in [1.82, 2.24) is 0 Å². The Balaban J connectivity index is 2.07. The maximum Gasteiger partial charge on any atom is 0.163 e. The fourth-order valence-corrected chi connectivity index (χ4v) is 2.22. The molecular weight excluding hydrogens is 172 g/mol. The van der Waals surface area contributed by atoms with Crippen LogP contribution in [0.1, 0.15) is 20.3 Å². The van der Waals surface area contributed by atoms with E-state index in [0.717, 1.165) is 0 Å². The van der Waals surface area contributed by atoms with Gasteiger partial charge in [-0.15, -0.1) is 0 Å². The Hall–Kier alpha value is -0.160. The van der Waals surface area contributed by atoms with Gasteiger partial charge in [-0.1, -0.05) is 0 Å². The highest BCUT2D eigenvalue weighted by molar-refractivity contribution is 4.97. The highest BCUT2D eigenvalue weighted by atomic mass is 16.8. The van der Waals surface area contributed by atoms with Crippen LogP contribution in [-0.4, -0.2) is 40.9 Å². The minimum Gasteiger partial charge on any atom is -0.396 e. The van der Waals surface area contributed by atoms with Gasteiger partial charge in [0.05, 0.1) is 12.2 Å². The Morgan fingerprint density at radius 3 is 2.62 bits per heavy atom. The topological polar surface area (TPSA) is 58.9 Å². The van der Waals surface area contributed by atoms with Crippen molar-refractivity contribution in [3.05, 3.63) is 0 Å². The van der Waals surface area contributed by atoms with Gasteiger partial charge in [0.1, 0.15) is 6.10 Å². The van der Waals surface area contributed by atoms with E-state index in [0.29, 0.717) is 6.42 Å². The Kier molecular flexibility index (Phi) is 2.11. The lowest BCUT2D eigenvalue weighted by Gasteiger charge is -2.22. The molecule has 2 rings (SSSR count). The van der Waals surface area contributed by atoms with E-state index < -0.39 is 11.9 Å². The molecular formula is C9H16O4. The van der Waals surface area contributed by atoms with Gasteiger partial charge in [0, 0.05) is 12.5 Å². The summed E-state index contributed by atoms with van der Waals surface area (Å²) in [5.41, 5.74) is 0. The highest BCUT2D eigenvalue weighted by Gasteiger charge is 2.52. The van der Waals surface area contributed by atoms with Gasteiger partial charge >= 0.3 is 0 Å². The summed E-state index contributed by atoms with van der Waals surface area (Å²) in [6, 6.07) is 0. The summed E-state index contributed by atoms with van der Waals surface area (Å²) in [5, 5.41) is 18.7. The summed E-state index contributed by atoms with van der Waals surface area (Å²) in [7, 11) is 0. The zero-order chi connectivity index (χ0) is 9.64. The molecule has 4 heteroatoms. The zero-order valence-electron chi connectivity index (χ0n) is 7.93. The summed E-state index contributed by atoms with van der Waals surface area (Å²) in [6.07, 6.45) is -0.211. The van der Waals surface area contributed by atoms with Gasteiger partial charge in [-0.25, -0.2) is 0 Å². The van der Waals surface area contributed by atoms with E-state index in [1.54, 1.807) is 0 Å². The lowest BCUT2D eigenvalue weighted by Crippen LogP contribution is -2.32. The number of rotatable bonds is 1. The number of fused-ring (bicyclic) bond motifs is 1. The van der Waals surface area contributed by atoms with Crippen LogP contribution in [-0.2, 0) is 9.47 Å². The maximum atomic E-state index is 9.73. The molecule has 0 spiro atoms. The summed E-state index contributed by atoms with van der Waals surface area (Å²) in [4.78, 5) is 0. The Morgan fingerprint density at radius 2 is 2.08 bits per heavy atom. The van der Waals surface area contributed by atoms with Gasteiger partial charge in [-0.05, 0) is 20.3 Å². The van der Waals surface area contributed by atoms with Crippen LogP contribution in [0.5, 0.6) is 0 Å². The Morgan fingerprint density at radius 1 is 1.38 bits per heavy atom. The minimum absolute atomic E-state index is 0.00130. The first-order valence-corrected chi connectivity index (χ1v) is 4.68. The van der Waals surface area contributed by atoms with E-state index in [4.69, 9.17) is 14.6 Å². The summed E-state index contributed by atoms with van der Waals surface area (Å²) in [6.45, 7) is 3.68. The predicted octanol–water partition coefficient (Wildman–Crippen LogP) is -0.120. The average Bonchev–Trinajstić information content (AvgIpc) is 2.47. The average molecular weight is 188 g/mol. The van der Waals surface area contributed by atoms with Crippen LogP contribution < -0.4 is 0 Å². The Labute approximate surface area is 77.5 Å². The van der Waals surface area contributed by atoms with Crippen molar-refractivity contribution in [3.63, 3.8) is 0 Å². The third-order valence-corrected chi connectivity index (χ3v) is 2.81. The van der Waals surface area contributed by atoms with Crippen molar-refractivity contribution in [3.8, 4) is 0 Å². The van der Waals surface area contributed by atoms with Crippen LogP contribution in [0.2, 0.25) is 0 Å². The van der Waals surface area contributed by atoms with Crippen LogP contribution in [0.15, 0.2) is 0 Å². The van der Waals surface area contributed by atoms with Gasteiger partial charge in [0.15, 0.2) is 5.79 Å². The molecule has 0 aromatic heterocycles. The molecule has 1 heterocycles. The molecule has 2 aliphatic rings. The molecule has 13 heavy (non-hydrogen) atoms. The molecule has 0 amide bonds. The first-order chi connectivity index (χ1) is 6.03. The number of aliphatic hydroxyl groups excluding tert-OH is 2. The molecule has 4 atom stereocenters. The minimum atomic E-state index is -0.587. The largest absolute Gasteiger partial charge is 0.396 e. The van der Waals surface area contributed by atoms with Gasteiger partial charge in [-0.3, -0.25) is 0 Å². The van der Waals surface area contributed by atoms with E-state index in [1.807, 2.05) is 13.8 Å². The highest BCUT2D eigenvalue weighted by Crippen LogP contribution is 2.40. The number of hydrogen-bond donors (Lipinski definition) is 2. The monoisotopic (exact) mass is 188 g/mol. The molecule has 4 nitrogen and oxygen atoms in total. The van der Waals surface area contributed by atoms with Crippen LogP contribution >= 0.6 is 0 Å². The third-order valence-electron chi connectivity index (χ3n) is 2.81. The molecule has 0 unspecified atom stereocenters. The van der Waals surface area contributed by atoms with E-state index in [1.165, 1.54) is 0 Å². The first kappa shape index (κ1) is 9.40. The van der Waals surface area contributed by atoms with Crippen molar-refractivity contribution in [2.75, 3.05) is 6.61 Å². The molecule has 1 aliphatic carbocycles. The normalized spacial score (nSPS) is 48.0. The van der Waals surface area contributed by atoms with Crippen molar-refractivity contribution in [2.45, 2.75) is 44.4 Å². The van der Waals surface area contributed by atoms with Crippen molar-refractivity contribution in [2.24, 2.45) is 5.92 Å². The smallest absolute Gasteiger partial charge is 0.163 e. The molecule has 0 aromatic carbocycles. The fraction of sp³-hybridized carbons (Fsp3) is 1.00. The molecule has 0 radical (unpaired) electrons. The molecule has 76 valence electrons. The number of hydrogen-bond acceptors (Lipinski definition) is 4. The quantitative estimate of drug-likeness (QED) is 0.602. The second-order valence-corrected chi connectivity index (χ2v) is 4.31. The van der Waals surface area contributed by atoms with E-state index in [9.17, 15) is 5.11 Å². The van der Waals surface area contributed by atoms with Gasteiger partial charge in [-0.2, -0.15) is 0 Å². The molecule has 0 aromatic rings. The zero-order valence-corrected chi connectivity index (χ0v) is 7.93. The second-order valence-electron chi connectivity index (χ2n) is 4.31. The lowest BCUT2D eigenvalue weighted by molar-refractivity contribution is -0.168. The van der Waals surface area contributed by atoms with Crippen molar-refractivity contribution >= 4 is 0 Å². The Bertz CT molecular complexity index is 204. The summed E-state index contributed by atoms with van der Waals surface area (Å²) in [5.74, 6) is -0.678. The fourth-order valence-electron chi connectivity index (χ4n) is 2.22. The molecule has 1 aliphatic heterocycles. The maximum absolute atomic E-state index is 9.73. The molecule has 1 saturated heterocycles. The summed E-state index contributed by atoms with van der Waals surface area (Å²) < 4.78 is 11.1. The van der Waals surface area contributed by atoms with E-state index in [-0.39, 0.29) is 24.7 Å². The van der Waals surface area contributed by atoms with Crippen molar-refractivity contribution < 1.29 is 19.7 Å². The summed E-state index contributed by atoms with van der Waals surface area (Å²) >= 11 is 0. The van der Waals surface area contributed by atoms with Gasteiger partial charge < -0.3 is 19.7 Å². The predicted molar refractivity (Wildman–Crippen MR) is 45.0 cm³/mol. The molecule has 1 saturated carbocycles. The van der Waals surface area contributed by atoms with Crippen LogP contribution in [0, 0.1) is 5.92 Å². The SMILES string of the molecule is CC1(C)O[C@H]2[C@@H](O)[C@@H](CO)C[C@H]2O1. The van der Waals surface area contributed by atoms with Gasteiger partial charge in [0.25, 0.3) is 0 Å². The first-order valence-electron chi connectivity index (χ1n) is 4.68. The number of aliphatic hydroxyl groups is 2. The number of ether oxygens (including phenoxy) is 2. The van der Waals surface area contributed by atoms with E-state index >= 15 is 0 Å². The molecule has 2 fully saturated rings. The molecule has 0 bridgehead atoms. The van der Waals surface area contributed by atoms with E-state index in [2.05, 4.69) is 0 Å². The van der Waals surface area contributed by atoms with Gasteiger partial charge in [0.2, 0.25) is 0 Å². The lowest BCUT2D eigenvalue weighted by atomic mass is 10.1. The van der Waals surface area contributed by atoms with Crippen LogP contribution in [0.4, 0.5) is 0 Å². The van der Waals surface area contributed by atoms with Crippen molar-refractivity contribution in [1.29, 1.82) is 0 Å².